The second-order valence-corrected chi connectivity index (χ2v) is 7.16. The number of nitrogens with two attached hydrogens (primary N) is 1. The molecule has 1 aromatic rings. The van der Waals surface area contributed by atoms with Gasteiger partial charge in [0.2, 0.25) is 0 Å². The first-order valence-corrected chi connectivity index (χ1v) is 8.01. The lowest BCUT2D eigenvalue weighted by Gasteiger charge is -2.39. The summed E-state index contributed by atoms with van der Waals surface area (Å²) in [6.07, 6.45) is 4.59. The van der Waals surface area contributed by atoms with Gasteiger partial charge in [-0.1, -0.05) is 38.5 Å². The van der Waals surface area contributed by atoms with Gasteiger partial charge >= 0.3 is 0 Å². The van der Waals surface area contributed by atoms with E-state index in [-0.39, 0.29) is 6.04 Å². The van der Waals surface area contributed by atoms with Crippen molar-refractivity contribution in [3.8, 4) is 0 Å². The number of nitrogens with zero attached hydrogens (tertiary/aromatic N) is 1. The van der Waals surface area contributed by atoms with E-state index in [4.69, 9.17) is 5.73 Å². The fraction of sp³-hybridized carbons (Fsp3) is 0.667. The minimum atomic E-state index is 0.275. The van der Waals surface area contributed by atoms with E-state index in [9.17, 15) is 0 Å². The van der Waals surface area contributed by atoms with Crippen LogP contribution < -0.4 is 10.6 Å². The van der Waals surface area contributed by atoms with E-state index >= 15 is 0 Å². The van der Waals surface area contributed by atoms with Crippen molar-refractivity contribution in [1.29, 1.82) is 0 Å². The van der Waals surface area contributed by atoms with Gasteiger partial charge in [0.1, 0.15) is 0 Å². The minimum Gasteiger partial charge on any atom is -0.371 e. The highest BCUT2D eigenvalue weighted by atomic mass is 15.1. The highest BCUT2D eigenvalue weighted by Crippen LogP contribution is 2.34. The zero-order chi connectivity index (χ0) is 14.8. The zero-order valence-electron chi connectivity index (χ0n) is 13.6. The molecule has 2 rings (SSSR count). The van der Waals surface area contributed by atoms with Gasteiger partial charge in [-0.15, -0.1) is 0 Å². The highest BCUT2D eigenvalue weighted by molar-refractivity contribution is 5.55. The maximum Gasteiger partial charge on any atom is 0.0399 e. The third-order valence-corrected chi connectivity index (χ3v) is 4.70. The molecule has 1 aromatic carbocycles. The molecule has 1 aliphatic heterocycles. The third-order valence-electron chi connectivity index (χ3n) is 4.70. The number of rotatable bonds is 4. The van der Waals surface area contributed by atoms with E-state index in [0.717, 1.165) is 12.8 Å². The lowest BCUT2D eigenvalue weighted by Crippen LogP contribution is -2.38. The van der Waals surface area contributed by atoms with Gasteiger partial charge in [0, 0.05) is 24.8 Å². The van der Waals surface area contributed by atoms with Crippen LogP contribution in [0.3, 0.4) is 0 Å². The molecule has 0 radical (unpaired) electrons. The number of hydrogen-bond acceptors (Lipinski definition) is 2. The van der Waals surface area contributed by atoms with Crippen LogP contribution in [0, 0.1) is 12.3 Å². The molecule has 1 atom stereocenters. The van der Waals surface area contributed by atoms with Crippen molar-refractivity contribution in [3.63, 3.8) is 0 Å². The van der Waals surface area contributed by atoms with Gasteiger partial charge in [-0.3, -0.25) is 0 Å². The molecule has 1 heterocycles. The van der Waals surface area contributed by atoms with Crippen molar-refractivity contribution in [2.45, 2.75) is 59.4 Å². The Kier molecular flexibility index (Phi) is 4.74. The monoisotopic (exact) mass is 274 g/mol. The van der Waals surface area contributed by atoms with Gasteiger partial charge in [0.25, 0.3) is 0 Å². The molecule has 0 amide bonds. The quantitative estimate of drug-likeness (QED) is 0.902. The van der Waals surface area contributed by atoms with Crippen molar-refractivity contribution < 1.29 is 0 Å². The molecule has 0 spiro atoms. The molecule has 0 aromatic heterocycles. The molecule has 2 heteroatoms. The molecule has 112 valence electrons. The second-order valence-electron chi connectivity index (χ2n) is 7.16. The average molecular weight is 274 g/mol. The summed E-state index contributed by atoms with van der Waals surface area (Å²) in [7, 11) is 0. The van der Waals surface area contributed by atoms with E-state index in [1.54, 1.807) is 0 Å². The average Bonchev–Trinajstić information content (AvgIpc) is 2.39. The topological polar surface area (TPSA) is 29.3 Å². The molecule has 0 saturated carbocycles. The number of benzene rings is 1. The van der Waals surface area contributed by atoms with Crippen LogP contribution in [0.1, 0.15) is 51.2 Å². The van der Waals surface area contributed by atoms with E-state index in [1.165, 1.54) is 42.7 Å². The van der Waals surface area contributed by atoms with Crippen LogP contribution in [-0.4, -0.2) is 19.1 Å². The summed E-state index contributed by atoms with van der Waals surface area (Å²) in [5.74, 6) is 0. The van der Waals surface area contributed by atoms with Crippen molar-refractivity contribution in [3.05, 3.63) is 29.3 Å². The fourth-order valence-corrected chi connectivity index (χ4v) is 2.97. The molecular formula is C18H30N2. The van der Waals surface area contributed by atoms with Gasteiger partial charge in [0.05, 0.1) is 0 Å². The standard InChI is InChI=1S/C18H30N2/c1-5-16(19)13-15-12-14(2)6-7-17(15)20-10-8-18(3,4)9-11-20/h6-7,12,16H,5,8-11,13,19H2,1-4H3. The van der Waals surface area contributed by atoms with E-state index in [1.807, 2.05) is 0 Å². The van der Waals surface area contributed by atoms with E-state index < -0.39 is 0 Å². The predicted molar refractivity (Wildman–Crippen MR) is 88.4 cm³/mol. The third kappa shape index (κ3) is 3.76. The van der Waals surface area contributed by atoms with Crippen molar-refractivity contribution in [2.75, 3.05) is 18.0 Å². The largest absolute Gasteiger partial charge is 0.371 e. The Bertz CT molecular complexity index is 441. The SMILES string of the molecule is CCC(N)Cc1cc(C)ccc1N1CCC(C)(C)CC1. The summed E-state index contributed by atoms with van der Waals surface area (Å²) in [6.45, 7) is 11.4. The van der Waals surface area contributed by atoms with Crippen LogP contribution >= 0.6 is 0 Å². The molecule has 20 heavy (non-hydrogen) atoms. The van der Waals surface area contributed by atoms with Gasteiger partial charge in [0.15, 0.2) is 0 Å². The van der Waals surface area contributed by atoms with Gasteiger partial charge in [-0.25, -0.2) is 0 Å². The van der Waals surface area contributed by atoms with E-state index in [0.29, 0.717) is 5.41 Å². The Morgan fingerprint density at radius 2 is 1.90 bits per heavy atom. The Balaban J connectivity index is 2.18. The molecule has 1 unspecified atom stereocenters. The first-order valence-electron chi connectivity index (χ1n) is 8.01. The summed E-state index contributed by atoms with van der Waals surface area (Å²) >= 11 is 0. The van der Waals surface area contributed by atoms with Gasteiger partial charge in [-0.05, 0) is 49.7 Å². The van der Waals surface area contributed by atoms with E-state index in [2.05, 4.69) is 50.8 Å². The minimum absolute atomic E-state index is 0.275. The van der Waals surface area contributed by atoms with Crippen LogP contribution in [0.2, 0.25) is 0 Å². The zero-order valence-corrected chi connectivity index (χ0v) is 13.6. The van der Waals surface area contributed by atoms with Crippen molar-refractivity contribution in [2.24, 2.45) is 11.1 Å². The maximum atomic E-state index is 6.18. The van der Waals surface area contributed by atoms with Crippen molar-refractivity contribution >= 4 is 5.69 Å². The lowest BCUT2D eigenvalue weighted by molar-refractivity contribution is 0.279. The molecule has 0 bridgehead atoms. The highest BCUT2D eigenvalue weighted by Gasteiger charge is 2.26. The second kappa shape index (κ2) is 6.17. The first kappa shape index (κ1) is 15.4. The molecular weight excluding hydrogens is 244 g/mol. The predicted octanol–water partition coefficient (Wildman–Crippen LogP) is 3.90. The van der Waals surface area contributed by atoms with Crippen LogP contribution in [0.25, 0.3) is 0 Å². The molecule has 1 saturated heterocycles. The van der Waals surface area contributed by atoms with Gasteiger partial charge in [-0.2, -0.15) is 0 Å². The summed E-state index contributed by atoms with van der Waals surface area (Å²) < 4.78 is 0. The Morgan fingerprint density at radius 1 is 1.25 bits per heavy atom. The van der Waals surface area contributed by atoms with Crippen LogP contribution in [0.5, 0.6) is 0 Å². The summed E-state index contributed by atoms with van der Waals surface area (Å²) in [4.78, 5) is 2.56. The van der Waals surface area contributed by atoms with Gasteiger partial charge < -0.3 is 10.6 Å². The molecule has 1 aliphatic rings. The Labute approximate surface area is 124 Å². The Hall–Kier alpha value is -1.02. The smallest absolute Gasteiger partial charge is 0.0399 e. The molecule has 0 aliphatic carbocycles. The molecule has 2 N–H and O–H groups in total. The van der Waals surface area contributed by atoms with Crippen molar-refractivity contribution in [1.82, 2.24) is 0 Å². The summed E-state index contributed by atoms with van der Waals surface area (Å²) in [6, 6.07) is 7.13. The summed E-state index contributed by atoms with van der Waals surface area (Å²) in [5.41, 5.74) is 10.9. The number of aryl methyl sites for hydroxylation is 1. The first-order chi connectivity index (χ1) is 9.41. The van der Waals surface area contributed by atoms with Crippen LogP contribution in [0.15, 0.2) is 18.2 Å². The molecule has 1 fully saturated rings. The number of piperidine rings is 1. The maximum absolute atomic E-state index is 6.18. The normalized spacial score (nSPS) is 19.9. The lowest BCUT2D eigenvalue weighted by atomic mass is 9.82. The number of hydrogen-bond donors (Lipinski definition) is 1. The summed E-state index contributed by atoms with van der Waals surface area (Å²) in [5, 5.41) is 0. The Morgan fingerprint density at radius 3 is 2.50 bits per heavy atom. The number of anilines is 1. The fourth-order valence-electron chi connectivity index (χ4n) is 2.97. The molecule has 2 nitrogen and oxygen atoms in total. The van der Waals surface area contributed by atoms with Crippen LogP contribution in [0.4, 0.5) is 5.69 Å². The van der Waals surface area contributed by atoms with Crippen LogP contribution in [-0.2, 0) is 6.42 Å².